The van der Waals surface area contributed by atoms with Gasteiger partial charge in [-0.05, 0) is 47.2 Å². The fourth-order valence-corrected chi connectivity index (χ4v) is 2.55. The summed E-state index contributed by atoms with van der Waals surface area (Å²) in [5, 5.41) is 12.2. The molecule has 110 valence electrons. The minimum atomic E-state index is -1.08. The third kappa shape index (κ3) is 3.83. The first kappa shape index (κ1) is 15.8. The predicted octanol–water partition coefficient (Wildman–Crippen LogP) is 0.975. The minimum absolute atomic E-state index is 0.0116. The Labute approximate surface area is 114 Å². The van der Waals surface area contributed by atoms with Crippen LogP contribution >= 0.6 is 0 Å². The van der Waals surface area contributed by atoms with Crippen LogP contribution in [-0.4, -0.2) is 65.7 Å². The average molecular weight is 271 g/mol. The van der Waals surface area contributed by atoms with Gasteiger partial charge in [0.25, 0.3) is 0 Å². The second kappa shape index (κ2) is 6.23. The van der Waals surface area contributed by atoms with E-state index in [4.69, 9.17) is 0 Å². The number of carboxylic acids is 1. The lowest BCUT2D eigenvalue weighted by molar-refractivity contribution is -0.150. The monoisotopic (exact) mass is 271 g/mol. The number of hydrogen-bond donors (Lipinski definition) is 2. The summed E-state index contributed by atoms with van der Waals surface area (Å²) < 4.78 is 0. The van der Waals surface area contributed by atoms with Gasteiger partial charge in [-0.25, -0.2) is 9.59 Å². The molecular formula is C13H25N3O3. The van der Waals surface area contributed by atoms with Crippen LogP contribution < -0.4 is 5.32 Å². The van der Waals surface area contributed by atoms with Crippen LogP contribution in [0.4, 0.5) is 4.79 Å². The highest BCUT2D eigenvalue weighted by Crippen LogP contribution is 2.28. The van der Waals surface area contributed by atoms with Crippen molar-refractivity contribution in [2.45, 2.75) is 44.7 Å². The number of carbonyl (C=O) groups excluding carboxylic acids is 1. The van der Waals surface area contributed by atoms with E-state index in [0.29, 0.717) is 13.0 Å². The molecule has 0 saturated carbocycles. The van der Waals surface area contributed by atoms with E-state index >= 15 is 0 Å². The van der Waals surface area contributed by atoms with Gasteiger partial charge in [-0.3, -0.25) is 0 Å². The third-order valence-electron chi connectivity index (χ3n) is 3.61. The lowest BCUT2D eigenvalue weighted by Crippen LogP contribution is -2.61. The first-order valence-electron chi connectivity index (χ1n) is 6.73. The largest absolute Gasteiger partial charge is 0.480 e. The number of amides is 2. The van der Waals surface area contributed by atoms with Gasteiger partial charge < -0.3 is 20.2 Å². The van der Waals surface area contributed by atoms with Gasteiger partial charge in [0.05, 0.1) is 0 Å². The molecule has 0 aliphatic carbocycles. The number of piperidine rings is 1. The first-order chi connectivity index (χ1) is 8.77. The zero-order valence-electron chi connectivity index (χ0n) is 12.3. The van der Waals surface area contributed by atoms with Crippen molar-refractivity contribution in [1.82, 2.24) is 15.1 Å². The predicted molar refractivity (Wildman–Crippen MR) is 73.1 cm³/mol. The van der Waals surface area contributed by atoms with Crippen molar-refractivity contribution in [3.8, 4) is 0 Å². The highest BCUT2D eigenvalue weighted by molar-refractivity contribution is 5.86. The van der Waals surface area contributed by atoms with E-state index < -0.39 is 11.5 Å². The molecule has 0 aromatic rings. The highest BCUT2D eigenvalue weighted by atomic mass is 16.4. The standard InChI is InChI=1S/C13H25N3O3/c1-10(9-15(3)4)14-12(19)16-8-6-5-7-13(16,2)11(17)18/h10H,5-9H2,1-4H3,(H,14,19)(H,17,18). The molecule has 2 atom stereocenters. The number of nitrogens with one attached hydrogen (secondary N) is 1. The van der Waals surface area contributed by atoms with Crippen molar-refractivity contribution in [2.24, 2.45) is 0 Å². The zero-order chi connectivity index (χ0) is 14.6. The van der Waals surface area contributed by atoms with Crippen molar-refractivity contribution < 1.29 is 14.7 Å². The number of urea groups is 1. The lowest BCUT2D eigenvalue weighted by atomic mass is 9.89. The normalized spacial score (nSPS) is 25.2. The molecule has 1 heterocycles. The number of rotatable bonds is 4. The Kier molecular flexibility index (Phi) is 5.17. The summed E-state index contributed by atoms with van der Waals surface area (Å²) in [6.45, 7) is 4.78. The molecule has 0 spiro atoms. The van der Waals surface area contributed by atoms with E-state index in [0.717, 1.165) is 19.4 Å². The molecule has 6 heteroatoms. The van der Waals surface area contributed by atoms with Crippen LogP contribution in [0.5, 0.6) is 0 Å². The molecule has 1 aliphatic rings. The molecule has 1 fully saturated rings. The van der Waals surface area contributed by atoms with Crippen LogP contribution in [0.3, 0.4) is 0 Å². The molecule has 0 bridgehead atoms. The van der Waals surface area contributed by atoms with Crippen LogP contribution in [0.15, 0.2) is 0 Å². The summed E-state index contributed by atoms with van der Waals surface area (Å²) >= 11 is 0. The van der Waals surface area contributed by atoms with Gasteiger partial charge in [0.2, 0.25) is 0 Å². The summed E-state index contributed by atoms with van der Waals surface area (Å²) in [5.74, 6) is -0.928. The smallest absolute Gasteiger partial charge is 0.329 e. The number of likely N-dealkylation sites (N-methyl/N-ethyl adjacent to an activating group) is 1. The Morgan fingerprint density at radius 3 is 2.58 bits per heavy atom. The maximum Gasteiger partial charge on any atom is 0.329 e. The number of carbonyl (C=O) groups is 2. The van der Waals surface area contributed by atoms with Crippen LogP contribution in [0.25, 0.3) is 0 Å². The summed E-state index contributed by atoms with van der Waals surface area (Å²) in [6, 6.07) is -0.290. The molecule has 1 saturated heterocycles. The van der Waals surface area contributed by atoms with Gasteiger partial charge in [-0.15, -0.1) is 0 Å². The van der Waals surface area contributed by atoms with Gasteiger partial charge in [-0.1, -0.05) is 0 Å². The molecule has 1 aliphatic heterocycles. The molecule has 2 N–H and O–H groups in total. The Bertz CT molecular complexity index is 346. The molecule has 6 nitrogen and oxygen atoms in total. The molecule has 19 heavy (non-hydrogen) atoms. The molecular weight excluding hydrogens is 246 g/mol. The van der Waals surface area contributed by atoms with Crippen LogP contribution in [0.2, 0.25) is 0 Å². The molecule has 0 aromatic heterocycles. The van der Waals surface area contributed by atoms with Crippen LogP contribution in [0, 0.1) is 0 Å². The van der Waals surface area contributed by atoms with E-state index in [2.05, 4.69) is 5.32 Å². The summed E-state index contributed by atoms with van der Waals surface area (Å²) in [4.78, 5) is 27.1. The number of carboxylic acid groups (broad SMARTS) is 1. The minimum Gasteiger partial charge on any atom is -0.480 e. The highest BCUT2D eigenvalue weighted by Gasteiger charge is 2.44. The fourth-order valence-electron chi connectivity index (χ4n) is 2.55. The molecule has 2 amide bonds. The van der Waals surface area contributed by atoms with Crippen LogP contribution in [-0.2, 0) is 4.79 Å². The number of hydrogen-bond acceptors (Lipinski definition) is 3. The van der Waals surface area contributed by atoms with Crippen molar-refractivity contribution in [1.29, 1.82) is 0 Å². The van der Waals surface area contributed by atoms with Crippen molar-refractivity contribution >= 4 is 12.0 Å². The van der Waals surface area contributed by atoms with Gasteiger partial charge in [0.1, 0.15) is 5.54 Å². The SMILES string of the molecule is CC(CN(C)C)NC(=O)N1CCCCC1(C)C(=O)O. The Hall–Kier alpha value is -1.30. The van der Waals surface area contributed by atoms with Crippen LogP contribution in [0.1, 0.15) is 33.1 Å². The van der Waals surface area contributed by atoms with Crippen molar-refractivity contribution in [3.05, 3.63) is 0 Å². The molecule has 0 aromatic carbocycles. The Morgan fingerprint density at radius 1 is 1.42 bits per heavy atom. The van der Waals surface area contributed by atoms with E-state index in [-0.39, 0.29) is 12.1 Å². The second-order valence-electron chi connectivity index (χ2n) is 5.80. The first-order valence-corrected chi connectivity index (χ1v) is 6.73. The number of likely N-dealkylation sites (tertiary alicyclic amines) is 1. The van der Waals surface area contributed by atoms with Crippen molar-refractivity contribution in [3.63, 3.8) is 0 Å². The number of nitrogens with zero attached hydrogens (tertiary/aromatic N) is 2. The summed E-state index contributed by atoms with van der Waals surface area (Å²) in [6.07, 6.45) is 2.22. The van der Waals surface area contributed by atoms with Gasteiger partial charge in [0.15, 0.2) is 0 Å². The zero-order valence-corrected chi connectivity index (χ0v) is 12.3. The fraction of sp³-hybridized carbons (Fsp3) is 0.846. The van der Waals surface area contributed by atoms with E-state index in [9.17, 15) is 14.7 Å². The second-order valence-corrected chi connectivity index (χ2v) is 5.80. The summed E-state index contributed by atoms with van der Waals surface area (Å²) in [5.41, 5.74) is -1.08. The maximum absolute atomic E-state index is 12.2. The van der Waals surface area contributed by atoms with Gasteiger partial charge >= 0.3 is 12.0 Å². The topological polar surface area (TPSA) is 72.9 Å². The Balaban J connectivity index is 2.70. The quantitative estimate of drug-likeness (QED) is 0.799. The molecule has 0 radical (unpaired) electrons. The third-order valence-corrected chi connectivity index (χ3v) is 3.61. The van der Waals surface area contributed by atoms with E-state index in [1.165, 1.54) is 4.90 Å². The van der Waals surface area contributed by atoms with Gasteiger partial charge in [0, 0.05) is 19.1 Å². The summed E-state index contributed by atoms with van der Waals surface area (Å²) in [7, 11) is 3.87. The molecule has 2 unspecified atom stereocenters. The maximum atomic E-state index is 12.2. The van der Waals surface area contributed by atoms with E-state index in [1.807, 2.05) is 25.9 Å². The molecule has 1 rings (SSSR count). The van der Waals surface area contributed by atoms with E-state index in [1.54, 1.807) is 6.92 Å². The lowest BCUT2D eigenvalue weighted by Gasteiger charge is -2.42. The van der Waals surface area contributed by atoms with Crippen molar-refractivity contribution in [2.75, 3.05) is 27.2 Å². The number of aliphatic carboxylic acids is 1. The average Bonchev–Trinajstić information content (AvgIpc) is 2.27. The van der Waals surface area contributed by atoms with Gasteiger partial charge in [-0.2, -0.15) is 0 Å². The Morgan fingerprint density at radius 2 is 2.05 bits per heavy atom.